The Bertz CT molecular complexity index is 622. The van der Waals surface area contributed by atoms with Crippen LogP contribution in [0.1, 0.15) is 23.9 Å². The van der Waals surface area contributed by atoms with Crippen LogP contribution in [-0.4, -0.2) is 15.0 Å². The lowest BCUT2D eigenvalue weighted by atomic mass is 10.2. The first-order valence-corrected chi connectivity index (χ1v) is 6.43. The Morgan fingerprint density at radius 1 is 1.40 bits per heavy atom. The van der Waals surface area contributed by atoms with Crippen molar-refractivity contribution in [3.8, 4) is 11.8 Å². The zero-order chi connectivity index (χ0) is 14.4. The third kappa shape index (κ3) is 3.04. The van der Waals surface area contributed by atoms with E-state index < -0.39 is 0 Å². The van der Waals surface area contributed by atoms with E-state index in [4.69, 9.17) is 10.00 Å². The maximum atomic E-state index is 9.02. The van der Waals surface area contributed by atoms with Gasteiger partial charge in [-0.15, -0.1) is 11.7 Å². The third-order valence-corrected chi connectivity index (χ3v) is 2.95. The summed E-state index contributed by atoms with van der Waals surface area (Å²) in [6.45, 7) is 6.52. The molecule has 5 heteroatoms. The van der Waals surface area contributed by atoms with Crippen molar-refractivity contribution in [1.82, 2.24) is 15.0 Å². The van der Waals surface area contributed by atoms with Crippen LogP contribution in [-0.2, 0) is 19.6 Å². The number of allylic oxidation sites excluding steroid dienone is 1. The zero-order valence-corrected chi connectivity index (χ0v) is 11.4. The van der Waals surface area contributed by atoms with Crippen molar-refractivity contribution in [2.45, 2.75) is 26.5 Å². The predicted octanol–water partition coefficient (Wildman–Crippen LogP) is 2.48. The monoisotopic (exact) mass is 268 g/mol. The van der Waals surface area contributed by atoms with Gasteiger partial charge in [0.15, 0.2) is 5.69 Å². The van der Waals surface area contributed by atoms with E-state index in [-0.39, 0.29) is 12.3 Å². The van der Waals surface area contributed by atoms with Crippen LogP contribution in [0, 0.1) is 11.3 Å². The summed E-state index contributed by atoms with van der Waals surface area (Å²) in [6.07, 6.45) is 2.70. The summed E-state index contributed by atoms with van der Waals surface area (Å²) in [6, 6.07) is 9.92. The summed E-state index contributed by atoms with van der Waals surface area (Å²) >= 11 is 0. The highest BCUT2D eigenvalue weighted by Gasteiger charge is 2.12. The van der Waals surface area contributed by atoms with E-state index in [9.17, 15) is 0 Å². The van der Waals surface area contributed by atoms with Crippen LogP contribution in [0.3, 0.4) is 0 Å². The molecule has 0 unspecified atom stereocenters. The molecular weight excluding hydrogens is 252 g/mol. The molecule has 1 aromatic carbocycles. The van der Waals surface area contributed by atoms with Crippen molar-refractivity contribution in [3.05, 3.63) is 53.9 Å². The molecule has 0 amide bonds. The Hall–Kier alpha value is -2.61. The summed E-state index contributed by atoms with van der Waals surface area (Å²) < 4.78 is 7.31. The van der Waals surface area contributed by atoms with Gasteiger partial charge in [-0.3, -0.25) is 0 Å². The lowest BCUT2D eigenvalue weighted by Gasteiger charge is -2.08. The Labute approximate surface area is 118 Å². The van der Waals surface area contributed by atoms with E-state index in [1.807, 2.05) is 30.3 Å². The maximum Gasteiger partial charge on any atom is 0.189 e. The first-order valence-electron chi connectivity index (χ1n) is 6.43. The molecule has 0 bridgehead atoms. The molecule has 0 N–H and O–H groups in total. The Morgan fingerprint density at radius 3 is 2.75 bits per heavy atom. The number of aryl methyl sites for hydroxylation is 1. The molecular formula is C15H16N4O. The minimum absolute atomic E-state index is 0.259. The molecule has 0 aliphatic carbocycles. The molecule has 0 aliphatic rings. The summed E-state index contributed by atoms with van der Waals surface area (Å²) in [5, 5.41) is 16.7. The molecule has 20 heavy (non-hydrogen) atoms. The predicted molar refractivity (Wildman–Crippen MR) is 75.1 cm³/mol. The van der Waals surface area contributed by atoms with Crippen LogP contribution in [0.15, 0.2) is 36.9 Å². The second kappa shape index (κ2) is 6.53. The maximum absolute atomic E-state index is 9.02. The number of hydrogen-bond donors (Lipinski definition) is 0. The molecule has 0 fully saturated rings. The zero-order valence-electron chi connectivity index (χ0n) is 11.4. The van der Waals surface area contributed by atoms with Crippen molar-refractivity contribution in [2.75, 3.05) is 0 Å². The molecule has 0 aliphatic heterocycles. The fourth-order valence-corrected chi connectivity index (χ4v) is 1.80. The summed E-state index contributed by atoms with van der Waals surface area (Å²) in [7, 11) is 0. The van der Waals surface area contributed by atoms with Gasteiger partial charge < -0.3 is 4.74 Å². The second-order valence-corrected chi connectivity index (χ2v) is 4.25. The summed E-state index contributed by atoms with van der Waals surface area (Å²) in [5.41, 5.74) is 2.21. The standard InChI is InChI=1S/C15H16N4O/c1-3-9-19-15(14(10-16)17-18-19)11-20-13-7-5-12(4-2)6-8-13/h3,5-8H,1,4,9,11H2,2H3. The number of nitrogens with zero attached hydrogens (tertiary/aromatic N) is 4. The third-order valence-electron chi connectivity index (χ3n) is 2.95. The van der Waals surface area contributed by atoms with Crippen molar-refractivity contribution < 1.29 is 4.74 Å². The first-order chi connectivity index (χ1) is 9.78. The molecule has 0 spiro atoms. The molecule has 2 rings (SSSR count). The van der Waals surface area contributed by atoms with Crippen LogP contribution in [0.5, 0.6) is 5.75 Å². The topological polar surface area (TPSA) is 63.7 Å². The number of ether oxygens (including phenoxy) is 1. The van der Waals surface area contributed by atoms with Gasteiger partial charge in [0.1, 0.15) is 24.1 Å². The fraction of sp³-hybridized carbons (Fsp3) is 0.267. The summed E-state index contributed by atoms with van der Waals surface area (Å²) in [4.78, 5) is 0. The number of nitriles is 1. The van der Waals surface area contributed by atoms with Crippen LogP contribution in [0.25, 0.3) is 0 Å². The second-order valence-electron chi connectivity index (χ2n) is 4.25. The molecule has 0 saturated carbocycles. The highest BCUT2D eigenvalue weighted by molar-refractivity contribution is 5.29. The average Bonchev–Trinajstić information content (AvgIpc) is 2.88. The van der Waals surface area contributed by atoms with Crippen molar-refractivity contribution in [2.24, 2.45) is 0 Å². The Balaban J connectivity index is 2.11. The highest BCUT2D eigenvalue weighted by atomic mass is 16.5. The molecule has 102 valence electrons. The van der Waals surface area contributed by atoms with E-state index in [2.05, 4.69) is 23.8 Å². The SMILES string of the molecule is C=CCn1nnc(C#N)c1COc1ccc(CC)cc1. The quantitative estimate of drug-likeness (QED) is 0.755. The normalized spacial score (nSPS) is 10.0. The van der Waals surface area contributed by atoms with Crippen LogP contribution < -0.4 is 4.74 Å². The molecule has 1 heterocycles. The van der Waals surface area contributed by atoms with Gasteiger partial charge in [0.05, 0.1) is 6.54 Å². The molecule has 5 nitrogen and oxygen atoms in total. The van der Waals surface area contributed by atoms with Crippen molar-refractivity contribution >= 4 is 0 Å². The number of rotatable bonds is 6. The number of hydrogen-bond acceptors (Lipinski definition) is 4. The number of aromatic nitrogens is 3. The summed E-state index contributed by atoms with van der Waals surface area (Å²) in [5.74, 6) is 0.762. The fourth-order valence-electron chi connectivity index (χ4n) is 1.80. The van der Waals surface area contributed by atoms with Crippen molar-refractivity contribution in [1.29, 1.82) is 5.26 Å². The molecule has 0 atom stereocenters. The van der Waals surface area contributed by atoms with Crippen LogP contribution in [0.4, 0.5) is 0 Å². The van der Waals surface area contributed by atoms with E-state index in [1.165, 1.54) is 5.56 Å². The van der Waals surface area contributed by atoms with Gasteiger partial charge in [-0.2, -0.15) is 5.26 Å². The lowest BCUT2D eigenvalue weighted by Crippen LogP contribution is -2.07. The van der Waals surface area contributed by atoms with Crippen LogP contribution >= 0.6 is 0 Å². The lowest BCUT2D eigenvalue weighted by molar-refractivity contribution is 0.293. The van der Waals surface area contributed by atoms with Crippen molar-refractivity contribution in [3.63, 3.8) is 0 Å². The van der Waals surface area contributed by atoms with E-state index in [0.29, 0.717) is 12.2 Å². The van der Waals surface area contributed by atoms with Gasteiger partial charge in [-0.1, -0.05) is 30.3 Å². The Kier molecular flexibility index (Phi) is 4.51. The van der Waals surface area contributed by atoms with Gasteiger partial charge in [0.25, 0.3) is 0 Å². The van der Waals surface area contributed by atoms with Gasteiger partial charge >= 0.3 is 0 Å². The first kappa shape index (κ1) is 13.8. The van der Waals surface area contributed by atoms with Gasteiger partial charge in [-0.05, 0) is 24.1 Å². The van der Waals surface area contributed by atoms with E-state index in [0.717, 1.165) is 12.2 Å². The minimum atomic E-state index is 0.259. The largest absolute Gasteiger partial charge is 0.487 e. The van der Waals surface area contributed by atoms with Crippen LogP contribution in [0.2, 0.25) is 0 Å². The van der Waals surface area contributed by atoms with Gasteiger partial charge in [0, 0.05) is 0 Å². The van der Waals surface area contributed by atoms with E-state index >= 15 is 0 Å². The number of benzene rings is 1. The van der Waals surface area contributed by atoms with Gasteiger partial charge in [0.2, 0.25) is 0 Å². The molecule has 0 saturated heterocycles. The molecule has 1 aromatic heterocycles. The minimum Gasteiger partial charge on any atom is -0.487 e. The van der Waals surface area contributed by atoms with Gasteiger partial charge in [-0.25, -0.2) is 4.68 Å². The molecule has 0 radical (unpaired) electrons. The molecule has 2 aromatic rings. The average molecular weight is 268 g/mol. The smallest absolute Gasteiger partial charge is 0.189 e. The van der Waals surface area contributed by atoms with E-state index in [1.54, 1.807) is 10.8 Å². The Morgan fingerprint density at radius 2 is 2.15 bits per heavy atom. The highest BCUT2D eigenvalue weighted by Crippen LogP contribution is 2.15.